The van der Waals surface area contributed by atoms with Gasteiger partial charge in [-0.3, -0.25) is 4.55 Å². The fourth-order valence-electron chi connectivity index (χ4n) is 6.27. The minimum Gasteiger partial charge on any atom is -0.493 e. The summed E-state index contributed by atoms with van der Waals surface area (Å²) in [5.41, 5.74) is 2.51. The molecule has 2 aliphatic carbocycles. The number of aliphatic hydroxyl groups excluding tert-OH is 2. The zero-order chi connectivity index (χ0) is 21.4. The third kappa shape index (κ3) is 2.76. The molecule has 164 valence electrons. The number of piperidine rings is 1. The van der Waals surface area contributed by atoms with E-state index in [2.05, 4.69) is 18.0 Å². The van der Waals surface area contributed by atoms with Gasteiger partial charge >= 0.3 is 0 Å². The monoisotopic (exact) mass is 437 g/mol. The number of hydrogen-bond acceptors (Lipinski definition) is 7. The van der Waals surface area contributed by atoms with Gasteiger partial charge in [-0.15, -0.1) is 0 Å². The molecular formula is C21H27NO7S. The summed E-state index contributed by atoms with van der Waals surface area (Å²) in [6.45, 7) is 0.887. The number of hydrogen-bond donors (Lipinski definition) is 3. The van der Waals surface area contributed by atoms with Crippen molar-refractivity contribution in [2.45, 2.75) is 49.0 Å². The second-order valence-electron chi connectivity index (χ2n) is 9.01. The summed E-state index contributed by atoms with van der Waals surface area (Å²) >= 11 is 0. The molecule has 3 N–H and O–H groups in total. The van der Waals surface area contributed by atoms with E-state index in [0.29, 0.717) is 11.5 Å². The lowest BCUT2D eigenvalue weighted by Crippen LogP contribution is -2.64. The fourth-order valence-corrected chi connectivity index (χ4v) is 6.88. The van der Waals surface area contributed by atoms with Gasteiger partial charge in [0.25, 0.3) is 10.1 Å². The maximum absolute atomic E-state index is 11.2. The molecular weight excluding hydrogens is 410 g/mol. The summed E-state index contributed by atoms with van der Waals surface area (Å²) in [6, 6.07) is 2.02. The van der Waals surface area contributed by atoms with Gasteiger partial charge in [-0.1, -0.05) is 12.2 Å². The predicted octanol–water partition coefficient (Wildman–Crippen LogP) is 0.292. The van der Waals surface area contributed by atoms with Crippen molar-refractivity contribution in [1.29, 1.82) is 0 Å². The molecule has 8 nitrogen and oxygen atoms in total. The fraction of sp³-hybridized carbons (Fsp3) is 0.619. The molecule has 0 aromatic heterocycles. The van der Waals surface area contributed by atoms with E-state index in [1.165, 1.54) is 0 Å². The van der Waals surface area contributed by atoms with Gasteiger partial charge in [0.15, 0.2) is 11.5 Å². The van der Waals surface area contributed by atoms with E-state index in [-0.39, 0.29) is 23.8 Å². The van der Waals surface area contributed by atoms with Crippen LogP contribution in [-0.2, 0) is 28.4 Å². The van der Waals surface area contributed by atoms with Gasteiger partial charge in [0, 0.05) is 22.9 Å². The Bertz CT molecular complexity index is 1020. The van der Waals surface area contributed by atoms with Crippen LogP contribution in [0.4, 0.5) is 0 Å². The van der Waals surface area contributed by atoms with Gasteiger partial charge in [0.05, 0.1) is 13.2 Å². The van der Waals surface area contributed by atoms with E-state index in [9.17, 15) is 18.6 Å². The van der Waals surface area contributed by atoms with Crippen molar-refractivity contribution < 1.29 is 32.7 Å². The molecule has 1 aromatic rings. The van der Waals surface area contributed by atoms with Crippen LogP contribution in [-0.4, -0.2) is 78.9 Å². The second-order valence-corrected chi connectivity index (χ2v) is 10.5. The molecule has 2 heterocycles. The Morgan fingerprint density at radius 2 is 2.17 bits per heavy atom. The Labute approximate surface area is 175 Å². The van der Waals surface area contributed by atoms with Crippen molar-refractivity contribution in [3.8, 4) is 11.5 Å². The van der Waals surface area contributed by atoms with Gasteiger partial charge in [-0.25, -0.2) is 0 Å². The quantitative estimate of drug-likeness (QED) is 0.445. The molecule has 0 radical (unpaired) electrons. The number of rotatable bonds is 5. The normalized spacial score (nSPS) is 35.0. The molecule has 2 aliphatic heterocycles. The van der Waals surface area contributed by atoms with Crippen LogP contribution in [0, 0.1) is 5.92 Å². The number of ether oxygens (including phenoxy) is 2. The van der Waals surface area contributed by atoms with Crippen molar-refractivity contribution in [3.63, 3.8) is 0 Å². The van der Waals surface area contributed by atoms with Crippen molar-refractivity contribution in [2.24, 2.45) is 5.92 Å². The number of benzene rings is 1. The Hall–Kier alpha value is -1.65. The third-order valence-electron chi connectivity index (χ3n) is 7.43. The lowest BCUT2D eigenvalue weighted by molar-refractivity contribution is -0.0454. The minimum atomic E-state index is -4.29. The number of nitrogens with zero attached hydrogens (tertiary/aromatic N) is 1. The number of methoxy groups -OCH3 is 1. The van der Waals surface area contributed by atoms with E-state index < -0.39 is 34.2 Å². The molecule has 1 aromatic carbocycles. The summed E-state index contributed by atoms with van der Waals surface area (Å²) in [7, 11) is -0.640. The van der Waals surface area contributed by atoms with Gasteiger partial charge in [0.1, 0.15) is 18.0 Å². The predicted molar refractivity (Wildman–Crippen MR) is 109 cm³/mol. The van der Waals surface area contributed by atoms with E-state index in [4.69, 9.17) is 14.0 Å². The van der Waals surface area contributed by atoms with E-state index >= 15 is 0 Å². The van der Waals surface area contributed by atoms with Crippen molar-refractivity contribution in [2.75, 3.05) is 26.5 Å². The first-order valence-electron chi connectivity index (χ1n) is 10.3. The highest BCUT2D eigenvalue weighted by molar-refractivity contribution is 7.85. The lowest BCUT2D eigenvalue weighted by atomic mass is 9.53. The Morgan fingerprint density at radius 3 is 2.87 bits per heavy atom. The van der Waals surface area contributed by atoms with Crippen LogP contribution in [0.25, 0.3) is 0 Å². The summed E-state index contributed by atoms with van der Waals surface area (Å²) in [5, 5.41) is 21.1. The topological polar surface area (TPSA) is 117 Å². The Balaban J connectivity index is 1.68. The standard InChI is InChI=1S/C21H27NO7S/c1-22-6-5-21-14-3-4-16(24)20(21)29-19-17(28-2)8-11(7-12(23)10-30(25,26)27)13(18(19)21)9-15(14)22/h3-4,8,12,14-16,20,23-24H,5-7,9-10H2,1-2H3,(H,25,26,27)/t12?,14-,15+,16-,20-,21-/m0/s1. The van der Waals surface area contributed by atoms with Crippen LogP contribution in [0.3, 0.4) is 0 Å². The van der Waals surface area contributed by atoms with Gasteiger partial charge in [-0.2, -0.15) is 8.42 Å². The third-order valence-corrected chi connectivity index (χ3v) is 8.24. The highest BCUT2D eigenvalue weighted by atomic mass is 32.2. The van der Waals surface area contributed by atoms with Crippen LogP contribution < -0.4 is 9.47 Å². The molecule has 0 saturated carbocycles. The first-order valence-corrected chi connectivity index (χ1v) is 11.9. The average Bonchev–Trinajstić information content (AvgIpc) is 3.00. The molecule has 1 spiro atoms. The molecule has 5 rings (SSSR count). The Morgan fingerprint density at radius 1 is 1.40 bits per heavy atom. The average molecular weight is 438 g/mol. The molecule has 2 bridgehead atoms. The van der Waals surface area contributed by atoms with Gasteiger partial charge < -0.3 is 24.6 Å². The minimum absolute atomic E-state index is 0.0823. The highest BCUT2D eigenvalue weighted by Gasteiger charge is 2.64. The highest BCUT2D eigenvalue weighted by Crippen LogP contribution is 2.63. The zero-order valence-corrected chi connectivity index (χ0v) is 17.8. The van der Waals surface area contributed by atoms with Crippen LogP contribution in [0.5, 0.6) is 11.5 Å². The number of likely N-dealkylation sites (tertiary alicyclic amines) is 1. The summed E-state index contributed by atoms with van der Waals surface area (Å²) in [5.74, 6) is 0.654. The molecule has 1 saturated heterocycles. The van der Waals surface area contributed by atoms with Gasteiger partial charge in [0.2, 0.25) is 0 Å². The molecule has 0 amide bonds. The lowest BCUT2D eigenvalue weighted by Gasteiger charge is -2.56. The van der Waals surface area contributed by atoms with Crippen molar-refractivity contribution >= 4 is 10.1 Å². The van der Waals surface area contributed by atoms with Crippen LogP contribution in [0.15, 0.2) is 18.2 Å². The van der Waals surface area contributed by atoms with Crippen LogP contribution in [0.2, 0.25) is 0 Å². The largest absolute Gasteiger partial charge is 0.493 e. The van der Waals surface area contributed by atoms with Crippen LogP contribution >= 0.6 is 0 Å². The molecule has 6 atom stereocenters. The molecule has 4 aliphatic rings. The van der Waals surface area contributed by atoms with Crippen molar-refractivity contribution in [3.05, 3.63) is 34.9 Å². The number of aliphatic hydroxyl groups is 2. The molecule has 1 unspecified atom stereocenters. The molecule has 9 heteroatoms. The Kier molecular flexibility index (Phi) is 4.51. The summed E-state index contributed by atoms with van der Waals surface area (Å²) in [6.07, 6.45) is 3.25. The van der Waals surface area contributed by atoms with Gasteiger partial charge in [-0.05, 0) is 50.0 Å². The summed E-state index contributed by atoms with van der Waals surface area (Å²) in [4.78, 5) is 2.33. The zero-order valence-electron chi connectivity index (χ0n) is 17.0. The smallest absolute Gasteiger partial charge is 0.267 e. The molecule has 30 heavy (non-hydrogen) atoms. The second kappa shape index (κ2) is 6.67. The van der Waals surface area contributed by atoms with E-state index in [1.54, 1.807) is 13.2 Å². The maximum Gasteiger partial charge on any atom is 0.267 e. The number of likely N-dealkylation sites (N-methyl/N-ethyl adjacent to an activating group) is 1. The maximum atomic E-state index is 11.2. The summed E-state index contributed by atoms with van der Waals surface area (Å²) < 4.78 is 43.6. The molecule has 1 fully saturated rings. The first kappa shape index (κ1) is 20.3. The first-order chi connectivity index (χ1) is 14.2. The van der Waals surface area contributed by atoms with Crippen LogP contribution in [0.1, 0.15) is 23.1 Å². The van der Waals surface area contributed by atoms with Crippen molar-refractivity contribution in [1.82, 2.24) is 4.90 Å². The van der Waals surface area contributed by atoms with E-state index in [0.717, 1.165) is 36.1 Å². The SMILES string of the molecule is COc1cc(CC(O)CS(=O)(=O)O)c2c3c1O[C@H]1[C@@H](O)C=C[C@H]4[C@@H](C2)N(C)CC[C@@]341. The van der Waals surface area contributed by atoms with E-state index in [1.807, 2.05) is 6.08 Å².